The second kappa shape index (κ2) is 30.7. The van der Waals surface area contributed by atoms with Crippen LogP contribution in [0.1, 0.15) is 93.6 Å². The summed E-state index contributed by atoms with van der Waals surface area (Å²) in [4.78, 5) is 62.4. The number of benzene rings is 1. The number of ether oxygens (including phenoxy) is 1. The van der Waals surface area contributed by atoms with Crippen molar-refractivity contribution in [3.63, 3.8) is 0 Å². The fourth-order valence-electron chi connectivity index (χ4n) is 3.60. The Morgan fingerprint density at radius 2 is 1.50 bits per heavy atom. The van der Waals surface area contributed by atoms with Gasteiger partial charge in [-0.15, -0.1) is 0 Å². The second-order valence-electron chi connectivity index (χ2n) is 13.7. The largest absolute Gasteiger partial charge is 0.445 e. The Labute approximate surface area is 313 Å². The fraction of sp³-hybridized carbons (Fsp3) is 0.703. The van der Waals surface area contributed by atoms with Crippen molar-refractivity contribution < 1.29 is 33.8 Å². The predicted octanol–water partition coefficient (Wildman–Crippen LogP) is 3.65. The maximum absolute atomic E-state index is 12.6. The molecule has 15 nitrogen and oxygen atoms in total. The van der Waals surface area contributed by atoms with E-state index in [1.54, 1.807) is 31.3 Å². The Bertz CT molecular complexity index is 1120. The Kier molecular flexibility index (Phi) is 30.9. The molecule has 0 aliphatic rings. The van der Waals surface area contributed by atoms with Gasteiger partial charge < -0.3 is 52.4 Å². The van der Waals surface area contributed by atoms with Crippen LogP contribution in [0.5, 0.6) is 0 Å². The monoisotopic (exact) mass is 741 g/mol. The highest BCUT2D eigenvalue weighted by molar-refractivity contribution is 5.96. The van der Waals surface area contributed by atoms with Gasteiger partial charge in [0.2, 0.25) is 17.7 Å². The van der Waals surface area contributed by atoms with Gasteiger partial charge in [-0.25, -0.2) is 9.59 Å². The smallest absolute Gasteiger partial charge is 0.409 e. The second-order valence-corrected chi connectivity index (χ2v) is 13.7. The number of likely N-dealkylation sites (N-methyl/N-ethyl adjacent to an activating group) is 2. The number of carbonyl (C=O) groups is 5. The number of aliphatic hydroxyl groups is 1. The Morgan fingerprint density at radius 1 is 0.923 bits per heavy atom. The van der Waals surface area contributed by atoms with E-state index in [0.29, 0.717) is 37.5 Å². The molecule has 0 heterocycles. The highest BCUT2D eigenvalue weighted by Gasteiger charge is 2.24. The molecule has 52 heavy (non-hydrogen) atoms. The van der Waals surface area contributed by atoms with Crippen molar-refractivity contribution in [2.24, 2.45) is 23.3 Å². The number of rotatable bonds is 18. The fourth-order valence-corrected chi connectivity index (χ4v) is 3.60. The van der Waals surface area contributed by atoms with Gasteiger partial charge in [0, 0.05) is 50.9 Å². The van der Waals surface area contributed by atoms with Crippen molar-refractivity contribution in [3.05, 3.63) is 29.8 Å². The topological polar surface area (TPSA) is 221 Å². The summed E-state index contributed by atoms with van der Waals surface area (Å²) < 4.78 is 5.31. The molecule has 0 fully saturated rings. The number of hydrogen-bond donors (Lipinski definition) is 7. The van der Waals surface area contributed by atoms with E-state index >= 15 is 0 Å². The number of nitrogens with zero attached hydrogens (tertiary/aromatic N) is 2. The van der Waals surface area contributed by atoms with Crippen LogP contribution in [0.3, 0.4) is 0 Å². The third-order valence-corrected chi connectivity index (χ3v) is 6.74. The molecule has 1 atom stereocenters. The first-order valence-corrected chi connectivity index (χ1v) is 18.1. The van der Waals surface area contributed by atoms with E-state index in [0.717, 1.165) is 24.9 Å². The average molecular weight is 741 g/mol. The number of primary amides is 1. The zero-order chi connectivity index (χ0) is 40.9. The predicted molar refractivity (Wildman–Crippen MR) is 209 cm³/mol. The van der Waals surface area contributed by atoms with Gasteiger partial charge in [0.1, 0.15) is 12.6 Å². The Balaban J connectivity index is -0.00000124. The molecule has 0 aliphatic carbocycles. The van der Waals surface area contributed by atoms with Gasteiger partial charge in [0.05, 0.1) is 6.54 Å². The summed E-state index contributed by atoms with van der Waals surface area (Å²) in [6, 6.07) is 5.75. The van der Waals surface area contributed by atoms with E-state index in [1.807, 2.05) is 81.3 Å². The number of urea groups is 1. The van der Waals surface area contributed by atoms with Gasteiger partial charge in [-0.3, -0.25) is 14.4 Å². The molecule has 0 aromatic heterocycles. The van der Waals surface area contributed by atoms with Crippen LogP contribution >= 0.6 is 0 Å². The SMILES string of the molecule is CC.CC(C)(N)CCO.CC(C)CCC(=O)NC(C(=O)NCC(=O)Nc1ccc(COC(=O)N(C)CCN(C)C)cc1)C(C)C.CCCNC(N)=O. The summed E-state index contributed by atoms with van der Waals surface area (Å²) in [5.74, 6) is -0.683. The minimum absolute atomic E-state index is 0.120. The molecule has 0 bridgehead atoms. The zero-order valence-corrected chi connectivity index (χ0v) is 34.1. The number of nitrogens with one attached hydrogen (secondary N) is 4. The van der Waals surface area contributed by atoms with Crippen LogP contribution in [0.2, 0.25) is 0 Å². The summed E-state index contributed by atoms with van der Waals surface area (Å²) in [5.41, 5.74) is 11.3. The first-order valence-electron chi connectivity index (χ1n) is 18.1. The minimum Gasteiger partial charge on any atom is -0.445 e. The minimum atomic E-state index is -0.707. The Hall–Kier alpha value is -3.95. The molecule has 302 valence electrons. The molecule has 1 aromatic rings. The molecule has 6 amide bonds. The Morgan fingerprint density at radius 3 is 1.90 bits per heavy atom. The molecule has 0 radical (unpaired) electrons. The lowest BCUT2D eigenvalue weighted by molar-refractivity contribution is -0.130. The average Bonchev–Trinajstić information content (AvgIpc) is 3.06. The summed E-state index contributed by atoms with van der Waals surface area (Å²) in [6.45, 7) is 19.6. The molecule has 1 aromatic carbocycles. The van der Waals surface area contributed by atoms with Gasteiger partial charge in [0.15, 0.2) is 0 Å². The molecular formula is C37H72N8O7. The van der Waals surface area contributed by atoms with E-state index in [-0.39, 0.29) is 37.1 Å². The number of aliphatic hydroxyl groups excluding tert-OH is 1. The first kappa shape index (κ1) is 52.4. The summed E-state index contributed by atoms with van der Waals surface area (Å²) in [6.07, 6.45) is 2.31. The molecule has 0 spiro atoms. The molecule has 9 N–H and O–H groups in total. The molecule has 1 rings (SSSR count). The van der Waals surface area contributed by atoms with Gasteiger partial charge in [0.25, 0.3) is 0 Å². The third-order valence-electron chi connectivity index (χ3n) is 6.74. The molecule has 0 saturated heterocycles. The van der Waals surface area contributed by atoms with Crippen molar-refractivity contribution in [2.75, 3.05) is 59.2 Å². The zero-order valence-electron chi connectivity index (χ0n) is 34.1. The van der Waals surface area contributed by atoms with E-state index < -0.39 is 30.0 Å². The van der Waals surface area contributed by atoms with Crippen molar-refractivity contribution in [3.8, 4) is 0 Å². The van der Waals surface area contributed by atoms with Crippen LogP contribution in [0.25, 0.3) is 0 Å². The summed E-state index contributed by atoms with van der Waals surface area (Å²) in [7, 11) is 5.56. The van der Waals surface area contributed by atoms with E-state index in [9.17, 15) is 24.0 Å². The van der Waals surface area contributed by atoms with Crippen LogP contribution in [-0.4, -0.2) is 110 Å². The summed E-state index contributed by atoms with van der Waals surface area (Å²) in [5, 5.41) is 18.8. The standard InChI is InChI=1S/C26H43N5O5.C5H13NO.C4H10N2O.C2H6/c1-18(2)8-13-22(32)29-24(19(3)4)25(34)27-16-23(33)28-21-11-9-20(10-12-21)17-36-26(35)31(7)15-14-30(5)6;1-5(2,6)3-4-7;1-2-3-6-4(5)7;1-2/h9-12,18-19,24H,8,13-17H2,1-7H3,(H,27,34)(H,28,33)(H,29,32);7H,3-4,6H2,1-2H3;2-3H2,1H3,(H3,5,6,7);1-2H3. The maximum Gasteiger partial charge on any atom is 0.409 e. The van der Waals surface area contributed by atoms with Crippen molar-refractivity contribution >= 4 is 35.5 Å². The lowest BCUT2D eigenvalue weighted by Gasteiger charge is -2.22. The van der Waals surface area contributed by atoms with E-state index in [1.165, 1.54) is 4.90 Å². The lowest BCUT2D eigenvalue weighted by Crippen LogP contribution is -2.51. The first-order chi connectivity index (χ1) is 24.2. The highest BCUT2D eigenvalue weighted by atomic mass is 16.6. The van der Waals surface area contributed by atoms with Crippen molar-refractivity contribution in [1.29, 1.82) is 0 Å². The van der Waals surface area contributed by atoms with Crippen LogP contribution in [0, 0.1) is 11.8 Å². The van der Waals surface area contributed by atoms with Gasteiger partial charge >= 0.3 is 12.1 Å². The van der Waals surface area contributed by atoms with Crippen molar-refractivity contribution in [1.82, 2.24) is 25.8 Å². The lowest BCUT2D eigenvalue weighted by atomic mass is 10.0. The molecule has 15 heteroatoms. The molecule has 1 unspecified atom stereocenters. The van der Waals surface area contributed by atoms with Gasteiger partial charge in [-0.1, -0.05) is 60.6 Å². The quantitative estimate of drug-likeness (QED) is 0.117. The van der Waals surface area contributed by atoms with Crippen molar-refractivity contribution in [2.45, 2.75) is 106 Å². The number of anilines is 1. The number of hydrogen-bond acceptors (Lipinski definition) is 9. The van der Waals surface area contributed by atoms with Crippen LogP contribution in [-0.2, 0) is 25.7 Å². The van der Waals surface area contributed by atoms with Gasteiger partial charge in [-0.2, -0.15) is 0 Å². The normalized spacial score (nSPS) is 11.0. The van der Waals surface area contributed by atoms with Crippen LogP contribution < -0.4 is 32.7 Å². The third kappa shape index (κ3) is 32.0. The number of nitrogens with two attached hydrogens (primary N) is 2. The van der Waals surface area contributed by atoms with Crippen LogP contribution in [0.4, 0.5) is 15.3 Å². The van der Waals surface area contributed by atoms with E-state index in [4.69, 9.17) is 21.3 Å². The van der Waals surface area contributed by atoms with E-state index in [2.05, 4.69) is 21.3 Å². The molecular weight excluding hydrogens is 668 g/mol. The molecule has 0 aliphatic heterocycles. The number of amides is 6. The molecule has 0 saturated carbocycles. The number of carbonyl (C=O) groups excluding carboxylic acids is 5. The highest BCUT2D eigenvalue weighted by Crippen LogP contribution is 2.11. The van der Waals surface area contributed by atoms with Crippen LogP contribution in [0.15, 0.2) is 24.3 Å². The maximum atomic E-state index is 12.6. The summed E-state index contributed by atoms with van der Waals surface area (Å²) >= 11 is 0. The van der Waals surface area contributed by atoms with Gasteiger partial charge in [-0.05, 0) is 76.7 Å².